The van der Waals surface area contributed by atoms with Crippen molar-refractivity contribution in [2.45, 2.75) is 0 Å². The van der Waals surface area contributed by atoms with Gasteiger partial charge in [-0.25, -0.2) is 9.07 Å². The van der Waals surface area contributed by atoms with Crippen LogP contribution in [0, 0.1) is 5.82 Å². The molecule has 3 nitrogen and oxygen atoms in total. The minimum atomic E-state index is -0.346. The molecule has 0 unspecified atom stereocenters. The molecule has 0 saturated heterocycles. The maximum absolute atomic E-state index is 12.7. The fourth-order valence-corrected chi connectivity index (χ4v) is 1.18. The van der Waals surface area contributed by atoms with Crippen molar-refractivity contribution in [3.05, 3.63) is 42.5 Å². The van der Waals surface area contributed by atoms with Gasteiger partial charge >= 0.3 is 0 Å². The highest BCUT2D eigenvalue weighted by Gasteiger charge is 1.99. The predicted octanol–water partition coefficient (Wildman–Crippen LogP) is 2.02. The summed E-state index contributed by atoms with van der Waals surface area (Å²) < 4.78 is 19.1. The molecule has 1 heterocycles. The number of benzene rings is 1. The fourth-order valence-electron chi connectivity index (χ4n) is 1.18. The molecule has 0 aliphatic heterocycles. The van der Waals surface area contributed by atoms with Crippen molar-refractivity contribution in [2.24, 2.45) is 0 Å². The normalized spacial score (nSPS) is 10.1. The predicted molar refractivity (Wildman–Crippen MR) is 50.1 cm³/mol. The zero-order valence-electron chi connectivity index (χ0n) is 7.64. The summed E-state index contributed by atoms with van der Waals surface area (Å²) in [5.74, 6) is 0.419. The Kier molecular flexibility index (Phi) is 2.18. The van der Waals surface area contributed by atoms with Gasteiger partial charge in [0.25, 0.3) is 0 Å². The van der Waals surface area contributed by atoms with Crippen molar-refractivity contribution in [1.29, 1.82) is 0 Å². The summed E-state index contributed by atoms with van der Waals surface area (Å²) in [5, 5.41) is 3.84. The van der Waals surface area contributed by atoms with E-state index in [9.17, 15) is 4.39 Å². The summed E-state index contributed by atoms with van der Waals surface area (Å²) in [6, 6.07) is 7.22. The third-order valence-corrected chi connectivity index (χ3v) is 1.89. The molecule has 0 aliphatic rings. The van der Waals surface area contributed by atoms with Crippen LogP contribution in [0.4, 0.5) is 4.39 Å². The molecule has 14 heavy (non-hydrogen) atoms. The molecule has 0 fully saturated rings. The molecular weight excluding hydrogens is 183 g/mol. The highest BCUT2D eigenvalue weighted by molar-refractivity contribution is 5.36. The van der Waals surface area contributed by atoms with Crippen LogP contribution >= 0.6 is 0 Å². The average Bonchev–Trinajstić information content (AvgIpc) is 2.65. The molecule has 0 amide bonds. The lowest BCUT2D eigenvalue weighted by molar-refractivity contribution is 0.414. The Labute approximate surface area is 80.7 Å². The molecule has 0 atom stereocenters. The van der Waals surface area contributed by atoms with Crippen LogP contribution in [0.2, 0.25) is 0 Å². The lowest BCUT2D eigenvalue weighted by Crippen LogP contribution is -1.93. The van der Waals surface area contributed by atoms with Gasteiger partial charge in [0, 0.05) is 0 Å². The number of ether oxygens (including phenoxy) is 1. The topological polar surface area (TPSA) is 27.1 Å². The Morgan fingerprint density at radius 1 is 1.29 bits per heavy atom. The second-order valence-corrected chi connectivity index (χ2v) is 2.80. The molecule has 0 saturated carbocycles. The molecule has 1 aromatic carbocycles. The second-order valence-electron chi connectivity index (χ2n) is 2.80. The Bertz CT molecular complexity index is 422. The Morgan fingerprint density at radius 3 is 2.50 bits per heavy atom. The van der Waals surface area contributed by atoms with E-state index in [0.717, 1.165) is 11.4 Å². The molecule has 72 valence electrons. The van der Waals surface area contributed by atoms with Crippen molar-refractivity contribution in [1.82, 2.24) is 9.78 Å². The first-order valence-corrected chi connectivity index (χ1v) is 4.14. The van der Waals surface area contributed by atoms with Gasteiger partial charge in [0.1, 0.15) is 5.75 Å². The third-order valence-electron chi connectivity index (χ3n) is 1.89. The number of hydrogen-bond acceptors (Lipinski definition) is 2. The van der Waals surface area contributed by atoms with Crippen molar-refractivity contribution < 1.29 is 9.13 Å². The molecule has 0 aliphatic carbocycles. The molecule has 1 aromatic heterocycles. The van der Waals surface area contributed by atoms with Gasteiger partial charge in [0.15, 0.2) is 5.82 Å². The first-order valence-electron chi connectivity index (χ1n) is 4.14. The van der Waals surface area contributed by atoms with Crippen molar-refractivity contribution in [3.8, 4) is 11.4 Å². The zero-order chi connectivity index (χ0) is 9.97. The Morgan fingerprint density at radius 2 is 2.00 bits per heavy atom. The van der Waals surface area contributed by atoms with Crippen LogP contribution in [0.25, 0.3) is 5.69 Å². The van der Waals surface area contributed by atoms with Crippen LogP contribution in [0.15, 0.2) is 36.7 Å². The van der Waals surface area contributed by atoms with Gasteiger partial charge in [-0.15, -0.1) is 0 Å². The summed E-state index contributed by atoms with van der Waals surface area (Å²) in [5.41, 5.74) is 0.801. The summed E-state index contributed by atoms with van der Waals surface area (Å²) >= 11 is 0. The monoisotopic (exact) mass is 192 g/mol. The molecule has 0 bridgehead atoms. The number of nitrogens with zero attached hydrogens (tertiary/aromatic N) is 2. The second kappa shape index (κ2) is 3.49. The van der Waals surface area contributed by atoms with E-state index in [1.165, 1.54) is 17.1 Å². The summed E-state index contributed by atoms with van der Waals surface area (Å²) in [6.45, 7) is 0. The quantitative estimate of drug-likeness (QED) is 0.727. The Balaban J connectivity index is 2.33. The SMILES string of the molecule is COc1ccc(-n2cc(F)cn2)cc1. The average molecular weight is 192 g/mol. The molecule has 0 N–H and O–H groups in total. The van der Waals surface area contributed by atoms with E-state index in [0.29, 0.717) is 0 Å². The molecule has 2 rings (SSSR count). The van der Waals surface area contributed by atoms with Gasteiger partial charge < -0.3 is 4.74 Å². The number of hydrogen-bond donors (Lipinski definition) is 0. The van der Waals surface area contributed by atoms with Crippen LogP contribution in [0.5, 0.6) is 5.75 Å². The molecule has 0 spiro atoms. The number of halogens is 1. The number of rotatable bonds is 2. The van der Waals surface area contributed by atoms with E-state index in [4.69, 9.17) is 4.74 Å². The van der Waals surface area contributed by atoms with Crippen molar-refractivity contribution >= 4 is 0 Å². The lowest BCUT2D eigenvalue weighted by atomic mass is 10.3. The van der Waals surface area contributed by atoms with Crippen LogP contribution in [0.1, 0.15) is 0 Å². The zero-order valence-corrected chi connectivity index (χ0v) is 7.64. The van der Waals surface area contributed by atoms with Gasteiger partial charge in [0.2, 0.25) is 0 Å². The van der Waals surface area contributed by atoms with Crippen molar-refractivity contribution in [3.63, 3.8) is 0 Å². The highest BCUT2D eigenvalue weighted by Crippen LogP contribution is 2.14. The van der Waals surface area contributed by atoms with Gasteiger partial charge in [-0.3, -0.25) is 0 Å². The minimum Gasteiger partial charge on any atom is -0.497 e. The highest BCUT2D eigenvalue weighted by atomic mass is 19.1. The summed E-state index contributed by atoms with van der Waals surface area (Å²) in [6.07, 6.45) is 2.49. The van der Waals surface area contributed by atoms with Gasteiger partial charge in [0.05, 0.1) is 25.2 Å². The third kappa shape index (κ3) is 1.59. The van der Waals surface area contributed by atoms with Gasteiger partial charge in [-0.1, -0.05) is 0 Å². The maximum atomic E-state index is 12.7. The maximum Gasteiger partial charge on any atom is 0.161 e. The van der Waals surface area contributed by atoms with E-state index in [1.54, 1.807) is 19.2 Å². The van der Waals surface area contributed by atoms with E-state index in [-0.39, 0.29) is 5.82 Å². The molecule has 4 heteroatoms. The Hall–Kier alpha value is -1.84. The van der Waals surface area contributed by atoms with E-state index in [1.807, 2.05) is 12.1 Å². The standard InChI is InChI=1S/C10H9FN2O/c1-14-10-4-2-9(3-5-10)13-7-8(11)6-12-13/h2-7H,1H3. The molecule has 0 radical (unpaired) electrons. The molecular formula is C10H9FN2O. The largest absolute Gasteiger partial charge is 0.497 e. The van der Waals surface area contributed by atoms with E-state index < -0.39 is 0 Å². The van der Waals surface area contributed by atoms with Gasteiger partial charge in [-0.05, 0) is 24.3 Å². The van der Waals surface area contributed by atoms with E-state index >= 15 is 0 Å². The summed E-state index contributed by atoms with van der Waals surface area (Å²) in [4.78, 5) is 0. The van der Waals surface area contributed by atoms with Crippen LogP contribution in [0.3, 0.4) is 0 Å². The van der Waals surface area contributed by atoms with Crippen LogP contribution < -0.4 is 4.74 Å². The van der Waals surface area contributed by atoms with Crippen LogP contribution in [-0.4, -0.2) is 16.9 Å². The first-order chi connectivity index (χ1) is 6.79. The summed E-state index contributed by atoms with van der Waals surface area (Å²) in [7, 11) is 1.60. The first kappa shape index (κ1) is 8.74. The number of aromatic nitrogens is 2. The minimum absolute atomic E-state index is 0.346. The van der Waals surface area contributed by atoms with Crippen molar-refractivity contribution in [2.75, 3.05) is 7.11 Å². The fraction of sp³-hybridized carbons (Fsp3) is 0.100. The van der Waals surface area contributed by atoms with Crippen LogP contribution in [-0.2, 0) is 0 Å². The van der Waals surface area contributed by atoms with E-state index in [2.05, 4.69) is 5.10 Å². The van der Waals surface area contributed by atoms with Gasteiger partial charge in [-0.2, -0.15) is 5.10 Å². The smallest absolute Gasteiger partial charge is 0.161 e. The lowest BCUT2D eigenvalue weighted by Gasteiger charge is -2.02. The number of methoxy groups -OCH3 is 1. The molecule has 2 aromatic rings.